The maximum absolute atomic E-state index is 13.4. The second-order valence-corrected chi connectivity index (χ2v) is 11.3. The van der Waals surface area contributed by atoms with E-state index < -0.39 is 60.9 Å². The number of benzene rings is 2. The van der Waals surface area contributed by atoms with Gasteiger partial charge in [0, 0.05) is 18.3 Å². The molecule has 0 saturated carbocycles. The molecule has 42 heavy (non-hydrogen) atoms. The van der Waals surface area contributed by atoms with Gasteiger partial charge in [0.15, 0.2) is 24.1 Å². The number of carbonyl (C=O) groups excluding carboxylic acids is 1. The second kappa shape index (κ2) is 10.5. The Morgan fingerprint density at radius 1 is 0.929 bits per heavy atom. The number of rotatable bonds is 5. The molecule has 0 bridgehead atoms. The van der Waals surface area contributed by atoms with E-state index in [2.05, 4.69) is 0 Å². The number of carbonyl (C=O) groups is 1. The van der Waals surface area contributed by atoms with Crippen LogP contribution in [0.3, 0.4) is 0 Å². The SMILES string of the molecule is COc1cc(C2c3cc4c(cc3C(OC3OC5COC(C)OC5C(O)C3O)C3COC(=O)C23)OCC4)cc(OC)c1O. The van der Waals surface area contributed by atoms with Gasteiger partial charge in [-0.2, -0.15) is 0 Å². The zero-order valence-electron chi connectivity index (χ0n) is 23.4. The summed E-state index contributed by atoms with van der Waals surface area (Å²) < 4.78 is 46.2. The van der Waals surface area contributed by atoms with Gasteiger partial charge >= 0.3 is 5.97 Å². The lowest BCUT2D eigenvalue weighted by atomic mass is 9.66. The Morgan fingerprint density at radius 3 is 2.43 bits per heavy atom. The Bertz CT molecular complexity index is 1350. The van der Waals surface area contributed by atoms with Crippen LogP contribution in [0.1, 0.15) is 41.2 Å². The minimum Gasteiger partial charge on any atom is -0.502 e. The lowest BCUT2D eigenvalue weighted by molar-refractivity contribution is -0.364. The summed E-state index contributed by atoms with van der Waals surface area (Å²) in [5.41, 5.74) is 3.27. The Morgan fingerprint density at radius 2 is 1.69 bits per heavy atom. The predicted octanol–water partition coefficient (Wildman–Crippen LogP) is 1.54. The Labute approximate surface area is 241 Å². The highest BCUT2D eigenvalue weighted by Crippen LogP contribution is 2.56. The van der Waals surface area contributed by atoms with Crippen molar-refractivity contribution in [3.05, 3.63) is 46.5 Å². The summed E-state index contributed by atoms with van der Waals surface area (Å²) in [5.74, 6) is -0.996. The number of fused-ring (bicyclic) bond motifs is 4. The lowest BCUT2D eigenvalue weighted by Crippen LogP contribution is -2.63. The number of esters is 1. The van der Waals surface area contributed by atoms with Gasteiger partial charge in [0.1, 0.15) is 30.2 Å². The topological polar surface area (TPSA) is 152 Å². The number of phenols is 1. The monoisotopic (exact) mass is 586 g/mol. The number of methoxy groups -OCH3 is 2. The number of aliphatic hydroxyl groups excluding tert-OH is 2. The van der Waals surface area contributed by atoms with E-state index in [-0.39, 0.29) is 36.4 Å². The highest BCUT2D eigenvalue weighted by atomic mass is 16.8. The maximum atomic E-state index is 13.4. The largest absolute Gasteiger partial charge is 0.502 e. The summed E-state index contributed by atoms with van der Waals surface area (Å²) in [4.78, 5) is 13.4. The van der Waals surface area contributed by atoms with Crippen molar-refractivity contribution in [1.82, 2.24) is 0 Å². The van der Waals surface area contributed by atoms with E-state index in [1.54, 1.807) is 19.1 Å². The Kier molecular flexibility index (Phi) is 6.95. The first kappa shape index (κ1) is 27.7. The number of hydrogen-bond donors (Lipinski definition) is 3. The number of aliphatic hydroxyl groups is 2. The molecule has 4 aliphatic heterocycles. The molecular formula is C30H34O12. The molecule has 3 fully saturated rings. The molecule has 3 N–H and O–H groups in total. The van der Waals surface area contributed by atoms with Crippen molar-refractivity contribution < 1.29 is 58.0 Å². The normalized spacial score (nSPS) is 36.6. The van der Waals surface area contributed by atoms with Crippen LogP contribution < -0.4 is 14.2 Å². The molecular weight excluding hydrogens is 552 g/mol. The van der Waals surface area contributed by atoms with Crippen molar-refractivity contribution in [2.24, 2.45) is 11.8 Å². The van der Waals surface area contributed by atoms with Gasteiger partial charge in [-0.3, -0.25) is 4.79 Å². The number of hydrogen-bond acceptors (Lipinski definition) is 12. The highest BCUT2D eigenvalue weighted by molar-refractivity contribution is 5.79. The van der Waals surface area contributed by atoms with Gasteiger partial charge in [-0.15, -0.1) is 0 Å². The maximum Gasteiger partial charge on any atom is 0.310 e. The third-order valence-corrected chi connectivity index (χ3v) is 9.06. The van der Waals surface area contributed by atoms with E-state index in [1.165, 1.54) is 14.2 Å². The minimum absolute atomic E-state index is 0.0789. The number of cyclic esters (lactones) is 1. The van der Waals surface area contributed by atoms with Gasteiger partial charge < -0.3 is 53.2 Å². The van der Waals surface area contributed by atoms with Crippen molar-refractivity contribution >= 4 is 5.97 Å². The van der Waals surface area contributed by atoms with E-state index in [1.807, 2.05) is 12.1 Å². The predicted molar refractivity (Wildman–Crippen MR) is 141 cm³/mol. The summed E-state index contributed by atoms with van der Waals surface area (Å²) in [5, 5.41) is 32.6. The van der Waals surface area contributed by atoms with Gasteiger partial charge in [-0.1, -0.05) is 6.07 Å². The van der Waals surface area contributed by atoms with Crippen LogP contribution in [-0.4, -0.2) is 92.3 Å². The summed E-state index contributed by atoms with van der Waals surface area (Å²) in [6.45, 7) is 2.49. The minimum atomic E-state index is -1.41. The molecule has 12 heteroatoms. The zero-order valence-corrected chi connectivity index (χ0v) is 23.4. The molecule has 2 aromatic carbocycles. The second-order valence-electron chi connectivity index (χ2n) is 11.3. The number of aromatic hydroxyl groups is 1. The smallest absolute Gasteiger partial charge is 0.310 e. The van der Waals surface area contributed by atoms with Crippen LogP contribution in [-0.2, 0) is 34.9 Å². The Balaban J connectivity index is 1.32. The van der Waals surface area contributed by atoms with Gasteiger partial charge in [0.2, 0.25) is 5.75 Å². The van der Waals surface area contributed by atoms with Crippen LogP contribution in [0.25, 0.3) is 0 Å². The van der Waals surface area contributed by atoms with Gasteiger partial charge in [0.05, 0.1) is 46.1 Å². The first-order valence-corrected chi connectivity index (χ1v) is 14.1. The molecule has 5 aliphatic rings. The highest BCUT2D eigenvalue weighted by Gasteiger charge is 2.56. The third kappa shape index (κ3) is 4.31. The summed E-state index contributed by atoms with van der Waals surface area (Å²) >= 11 is 0. The Hall–Kier alpha value is -3.13. The molecule has 0 radical (unpaired) electrons. The fourth-order valence-corrected chi connectivity index (χ4v) is 7.02. The molecule has 7 rings (SSSR count). The lowest BCUT2D eigenvalue weighted by Gasteiger charge is -2.47. The molecule has 0 spiro atoms. The van der Waals surface area contributed by atoms with E-state index in [9.17, 15) is 20.1 Å². The molecule has 226 valence electrons. The average Bonchev–Trinajstić information content (AvgIpc) is 3.61. The molecule has 4 heterocycles. The zero-order chi connectivity index (χ0) is 29.3. The third-order valence-electron chi connectivity index (χ3n) is 9.06. The van der Waals surface area contributed by atoms with Crippen molar-refractivity contribution in [3.8, 4) is 23.0 Å². The summed E-state index contributed by atoms with van der Waals surface area (Å²) in [7, 11) is 2.90. The van der Waals surface area contributed by atoms with Crippen molar-refractivity contribution in [3.63, 3.8) is 0 Å². The van der Waals surface area contributed by atoms with Crippen LogP contribution in [0.5, 0.6) is 23.0 Å². The summed E-state index contributed by atoms with van der Waals surface area (Å²) in [6, 6.07) is 7.36. The molecule has 1 aliphatic carbocycles. The van der Waals surface area contributed by atoms with Gasteiger partial charge in [0.25, 0.3) is 0 Å². The van der Waals surface area contributed by atoms with Gasteiger partial charge in [-0.25, -0.2) is 0 Å². The number of phenolic OH excluding ortho intramolecular Hbond substituents is 1. The standard InChI is InChI=1S/C30H34O12/c1-12-38-11-21-28(40-12)25(32)26(33)30(41-21)42-27-16-9-18-13(4-5-37-18)6-15(16)22(23-17(27)10-39-29(23)34)14-7-19(35-2)24(31)20(8-14)36-3/h6-9,12,17,21-23,25-28,30-33H,4-5,10-11H2,1-3H3. The van der Waals surface area contributed by atoms with E-state index in [4.69, 9.17) is 37.9 Å². The quantitative estimate of drug-likeness (QED) is 0.436. The first-order valence-electron chi connectivity index (χ1n) is 14.1. The fourth-order valence-electron chi connectivity index (χ4n) is 7.02. The van der Waals surface area contributed by atoms with Crippen molar-refractivity contribution in [2.75, 3.05) is 34.0 Å². The molecule has 0 amide bonds. The first-order chi connectivity index (χ1) is 20.3. The molecule has 12 nitrogen and oxygen atoms in total. The fraction of sp³-hybridized carbons (Fsp3) is 0.567. The molecule has 10 atom stereocenters. The average molecular weight is 587 g/mol. The van der Waals surface area contributed by atoms with Crippen LogP contribution in [0, 0.1) is 11.8 Å². The van der Waals surface area contributed by atoms with Crippen molar-refractivity contribution in [1.29, 1.82) is 0 Å². The van der Waals surface area contributed by atoms with Crippen LogP contribution in [0.4, 0.5) is 0 Å². The number of ether oxygens (including phenoxy) is 8. The molecule has 0 aromatic heterocycles. The van der Waals surface area contributed by atoms with Crippen LogP contribution >= 0.6 is 0 Å². The van der Waals surface area contributed by atoms with Crippen molar-refractivity contribution in [2.45, 2.75) is 62.4 Å². The summed E-state index contributed by atoms with van der Waals surface area (Å²) in [6.07, 6.45) is -5.91. The van der Waals surface area contributed by atoms with E-state index in [0.29, 0.717) is 18.6 Å². The van der Waals surface area contributed by atoms with Gasteiger partial charge in [-0.05, 0) is 47.4 Å². The van der Waals surface area contributed by atoms with E-state index in [0.717, 1.165) is 22.4 Å². The van der Waals surface area contributed by atoms with Crippen LogP contribution in [0.2, 0.25) is 0 Å². The molecule has 2 aromatic rings. The van der Waals surface area contributed by atoms with Crippen LogP contribution in [0.15, 0.2) is 24.3 Å². The molecule has 3 saturated heterocycles. The van der Waals surface area contributed by atoms with E-state index >= 15 is 0 Å². The molecule has 10 unspecified atom stereocenters.